The molecule has 1 rings (SSSR count). The van der Waals surface area contributed by atoms with Gasteiger partial charge in [0, 0.05) is 12.5 Å². The van der Waals surface area contributed by atoms with E-state index in [9.17, 15) is 13.6 Å². The van der Waals surface area contributed by atoms with Crippen LogP contribution >= 0.6 is 0 Å². The van der Waals surface area contributed by atoms with Crippen molar-refractivity contribution in [2.45, 2.75) is 32.2 Å². The van der Waals surface area contributed by atoms with Crippen LogP contribution in [0.3, 0.4) is 0 Å². The minimum absolute atomic E-state index is 0.0475. The predicted molar refractivity (Wildman–Crippen MR) is 72.4 cm³/mol. The summed E-state index contributed by atoms with van der Waals surface area (Å²) < 4.78 is 31.3. The van der Waals surface area contributed by atoms with Gasteiger partial charge in [0.1, 0.15) is 5.82 Å². The van der Waals surface area contributed by atoms with Gasteiger partial charge in [-0.1, -0.05) is 6.92 Å². The summed E-state index contributed by atoms with van der Waals surface area (Å²) in [7, 11) is 0. The van der Waals surface area contributed by atoms with E-state index in [2.05, 4.69) is 5.32 Å². The Morgan fingerprint density at radius 2 is 2.15 bits per heavy atom. The monoisotopic (exact) mass is 286 g/mol. The highest BCUT2D eigenvalue weighted by Crippen LogP contribution is 2.19. The summed E-state index contributed by atoms with van der Waals surface area (Å²) in [5, 5.41) is 3.05. The molecule has 0 heterocycles. The van der Waals surface area contributed by atoms with E-state index in [0.717, 1.165) is 18.6 Å². The van der Waals surface area contributed by atoms with E-state index in [4.69, 9.17) is 10.5 Å². The minimum atomic E-state index is -0.910. The van der Waals surface area contributed by atoms with Crippen molar-refractivity contribution in [2.75, 3.05) is 13.2 Å². The number of halogens is 2. The van der Waals surface area contributed by atoms with Crippen molar-refractivity contribution in [3.63, 3.8) is 0 Å². The third-order valence-corrected chi connectivity index (χ3v) is 3.06. The lowest BCUT2D eigenvalue weighted by Crippen LogP contribution is -2.54. The molecule has 1 unspecified atom stereocenters. The van der Waals surface area contributed by atoms with E-state index in [1.165, 1.54) is 6.07 Å². The standard InChI is InChI=1S/C14H20F2N2O2/c1-3-7-18-14(2,13(17)19)6-8-20-12-5-4-10(15)9-11(12)16/h4-5,9,18H,3,6-8H2,1-2H3,(H2,17,19). The van der Waals surface area contributed by atoms with Crippen LogP contribution in [0.2, 0.25) is 0 Å². The third-order valence-electron chi connectivity index (χ3n) is 3.06. The zero-order chi connectivity index (χ0) is 15.2. The summed E-state index contributed by atoms with van der Waals surface area (Å²) in [4.78, 5) is 11.5. The minimum Gasteiger partial charge on any atom is -0.490 e. The number of ether oxygens (including phenoxy) is 1. The van der Waals surface area contributed by atoms with Crippen LogP contribution in [0.1, 0.15) is 26.7 Å². The second-order valence-corrected chi connectivity index (χ2v) is 4.80. The molecule has 20 heavy (non-hydrogen) atoms. The van der Waals surface area contributed by atoms with Crippen molar-refractivity contribution in [1.82, 2.24) is 5.32 Å². The van der Waals surface area contributed by atoms with Gasteiger partial charge in [0.25, 0.3) is 0 Å². The molecule has 1 atom stereocenters. The number of carbonyl (C=O) groups excluding carboxylic acids is 1. The molecule has 0 aromatic heterocycles. The van der Waals surface area contributed by atoms with Crippen molar-refractivity contribution in [2.24, 2.45) is 5.73 Å². The zero-order valence-corrected chi connectivity index (χ0v) is 11.7. The molecular weight excluding hydrogens is 266 g/mol. The largest absolute Gasteiger partial charge is 0.490 e. The molecule has 4 nitrogen and oxygen atoms in total. The molecule has 0 aliphatic rings. The molecule has 3 N–H and O–H groups in total. The molecule has 112 valence electrons. The molecule has 0 saturated heterocycles. The first kappa shape index (κ1) is 16.4. The maximum Gasteiger partial charge on any atom is 0.237 e. The van der Waals surface area contributed by atoms with Crippen LogP contribution in [-0.2, 0) is 4.79 Å². The van der Waals surface area contributed by atoms with Crippen LogP contribution in [0.4, 0.5) is 8.78 Å². The second kappa shape index (κ2) is 7.19. The van der Waals surface area contributed by atoms with Gasteiger partial charge in [-0.05, 0) is 32.0 Å². The van der Waals surface area contributed by atoms with Crippen LogP contribution in [0.5, 0.6) is 5.75 Å². The topological polar surface area (TPSA) is 64.3 Å². The van der Waals surface area contributed by atoms with Crippen LogP contribution in [0.25, 0.3) is 0 Å². The molecule has 0 saturated carbocycles. The molecule has 1 aromatic rings. The van der Waals surface area contributed by atoms with E-state index >= 15 is 0 Å². The Kier molecular flexibility index (Phi) is 5.88. The molecule has 0 radical (unpaired) electrons. The Hall–Kier alpha value is -1.69. The van der Waals surface area contributed by atoms with E-state index in [0.29, 0.717) is 13.0 Å². The molecule has 0 bridgehead atoms. The zero-order valence-electron chi connectivity index (χ0n) is 11.7. The number of carbonyl (C=O) groups is 1. The Morgan fingerprint density at radius 1 is 1.45 bits per heavy atom. The Labute approximate surface area is 117 Å². The Morgan fingerprint density at radius 3 is 2.70 bits per heavy atom. The lowest BCUT2D eigenvalue weighted by Gasteiger charge is -2.27. The number of amides is 1. The smallest absolute Gasteiger partial charge is 0.237 e. The fourth-order valence-corrected chi connectivity index (χ4v) is 1.66. The molecule has 0 aliphatic heterocycles. The normalized spacial score (nSPS) is 13.8. The van der Waals surface area contributed by atoms with Crippen LogP contribution in [-0.4, -0.2) is 24.6 Å². The van der Waals surface area contributed by atoms with Crippen molar-refractivity contribution in [3.8, 4) is 5.75 Å². The average Bonchev–Trinajstić information content (AvgIpc) is 2.38. The van der Waals surface area contributed by atoms with E-state index in [1.807, 2.05) is 6.92 Å². The maximum absolute atomic E-state index is 13.4. The van der Waals surface area contributed by atoms with Gasteiger partial charge in [0.2, 0.25) is 5.91 Å². The summed E-state index contributed by atoms with van der Waals surface area (Å²) in [5.41, 5.74) is 4.45. The van der Waals surface area contributed by atoms with Gasteiger partial charge in [0.15, 0.2) is 11.6 Å². The third kappa shape index (κ3) is 4.45. The fraction of sp³-hybridized carbons (Fsp3) is 0.500. The summed E-state index contributed by atoms with van der Waals surface area (Å²) in [6.07, 6.45) is 1.15. The fourth-order valence-electron chi connectivity index (χ4n) is 1.66. The summed E-state index contributed by atoms with van der Waals surface area (Å²) >= 11 is 0. The predicted octanol–water partition coefficient (Wildman–Crippen LogP) is 1.98. The first-order valence-corrected chi connectivity index (χ1v) is 6.52. The number of hydrogen-bond donors (Lipinski definition) is 2. The van der Waals surface area contributed by atoms with Crippen molar-refractivity contribution in [3.05, 3.63) is 29.8 Å². The molecule has 0 fully saturated rings. The molecule has 1 amide bonds. The number of hydrogen-bond acceptors (Lipinski definition) is 3. The van der Waals surface area contributed by atoms with Crippen molar-refractivity contribution >= 4 is 5.91 Å². The number of benzene rings is 1. The highest BCUT2D eigenvalue weighted by atomic mass is 19.1. The summed E-state index contributed by atoms with van der Waals surface area (Å²) in [6, 6.07) is 3.07. The van der Waals surface area contributed by atoms with Gasteiger partial charge in [-0.3, -0.25) is 4.79 Å². The summed E-state index contributed by atoms with van der Waals surface area (Å²) in [6.45, 7) is 4.39. The first-order valence-electron chi connectivity index (χ1n) is 6.52. The van der Waals surface area contributed by atoms with Gasteiger partial charge < -0.3 is 15.8 Å². The van der Waals surface area contributed by atoms with Gasteiger partial charge in [-0.25, -0.2) is 8.78 Å². The molecular formula is C14H20F2N2O2. The lowest BCUT2D eigenvalue weighted by atomic mass is 9.97. The average molecular weight is 286 g/mol. The molecule has 0 spiro atoms. The van der Waals surface area contributed by atoms with Gasteiger partial charge >= 0.3 is 0 Å². The van der Waals surface area contributed by atoms with E-state index in [-0.39, 0.29) is 12.4 Å². The lowest BCUT2D eigenvalue weighted by molar-refractivity contribution is -0.124. The Bertz CT molecular complexity index is 468. The van der Waals surface area contributed by atoms with E-state index < -0.39 is 23.1 Å². The van der Waals surface area contributed by atoms with Crippen molar-refractivity contribution in [1.29, 1.82) is 0 Å². The molecule has 0 aliphatic carbocycles. The SMILES string of the molecule is CCCNC(C)(CCOc1ccc(F)cc1F)C(N)=O. The number of nitrogens with one attached hydrogen (secondary N) is 1. The van der Waals surface area contributed by atoms with Gasteiger partial charge in [0.05, 0.1) is 12.1 Å². The van der Waals surface area contributed by atoms with Crippen LogP contribution in [0, 0.1) is 11.6 Å². The van der Waals surface area contributed by atoms with Gasteiger partial charge in [-0.2, -0.15) is 0 Å². The van der Waals surface area contributed by atoms with Crippen molar-refractivity contribution < 1.29 is 18.3 Å². The Balaban J connectivity index is 2.58. The number of nitrogens with two attached hydrogens (primary N) is 1. The van der Waals surface area contributed by atoms with Crippen LogP contribution in [0.15, 0.2) is 18.2 Å². The quantitative estimate of drug-likeness (QED) is 0.768. The maximum atomic E-state index is 13.4. The van der Waals surface area contributed by atoms with Crippen LogP contribution < -0.4 is 15.8 Å². The second-order valence-electron chi connectivity index (χ2n) is 4.80. The molecule has 6 heteroatoms. The number of primary amides is 1. The molecule has 1 aromatic carbocycles. The van der Waals surface area contributed by atoms with E-state index in [1.54, 1.807) is 6.92 Å². The first-order chi connectivity index (χ1) is 9.39. The highest BCUT2D eigenvalue weighted by molar-refractivity contribution is 5.84. The summed E-state index contributed by atoms with van der Waals surface area (Å²) in [5.74, 6) is -1.98. The highest BCUT2D eigenvalue weighted by Gasteiger charge is 2.30. The van der Waals surface area contributed by atoms with Gasteiger partial charge in [-0.15, -0.1) is 0 Å². The number of rotatable bonds is 8.